The van der Waals surface area contributed by atoms with Crippen molar-refractivity contribution < 1.29 is 4.74 Å². The molecule has 1 rings (SSSR count). The number of hydrazine groups is 1. The summed E-state index contributed by atoms with van der Waals surface area (Å²) in [5, 5.41) is 0. The van der Waals surface area contributed by atoms with Gasteiger partial charge in [0.05, 0.1) is 6.61 Å². The molecule has 0 amide bonds. The first kappa shape index (κ1) is 11.0. The van der Waals surface area contributed by atoms with Crippen molar-refractivity contribution in [2.75, 3.05) is 6.61 Å². The molecule has 3 heteroatoms. The number of hydrogen-bond acceptors (Lipinski definition) is 3. The zero-order valence-electron chi connectivity index (χ0n) is 8.79. The van der Waals surface area contributed by atoms with E-state index in [4.69, 9.17) is 10.6 Å². The lowest BCUT2D eigenvalue weighted by molar-refractivity contribution is 0.271. The molecule has 0 bridgehead atoms. The molecule has 0 saturated carbocycles. The van der Waals surface area contributed by atoms with E-state index in [0.29, 0.717) is 12.5 Å². The number of hydrogen-bond donors (Lipinski definition) is 2. The molecule has 1 aromatic rings. The van der Waals surface area contributed by atoms with Crippen LogP contribution in [0.2, 0.25) is 0 Å². The highest BCUT2D eigenvalue weighted by atomic mass is 16.5. The molecule has 0 heterocycles. The minimum Gasteiger partial charge on any atom is -0.493 e. The molecule has 0 aliphatic carbocycles. The van der Waals surface area contributed by atoms with Crippen LogP contribution in [0.1, 0.15) is 19.4 Å². The first-order valence-corrected chi connectivity index (χ1v) is 4.87. The number of nitrogens with two attached hydrogens (primary N) is 1. The Morgan fingerprint density at radius 1 is 1.29 bits per heavy atom. The Morgan fingerprint density at radius 3 is 2.43 bits per heavy atom. The SMILES string of the molecule is CC(C)COc1ccc(CNN)cc1. The van der Waals surface area contributed by atoms with Crippen LogP contribution in [0.4, 0.5) is 0 Å². The average Bonchev–Trinajstić information content (AvgIpc) is 2.17. The summed E-state index contributed by atoms with van der Waals surface area (Å²) in [6.45, 7) is 5.71. The lowest BCUT2D eigenvalue weighted by Crippen LogP contribution is -2.20. The minimum absolute atomic E-state index is 0.556. The van der Waals surface area contributed by atoms with Gasteiger partial charge < -0.3 is 4.74 Å². The zero-order valence-corrected chi connectivity index (χ0v) is 8.79. The molecule has 0 saturated heterocycles. The summed E-state index contributed by atoms with van der Waals surface area (Å²) in [5.74, 6) is 6.69. The number of ether oxygens (including phenoxy) is 1. The quantitative estimate of drug-likeness (QED) is 0.554. The fraction of sp³-hybridized carbons (Fsp3) is 0.455. The highest BCUT2D eigenvalue weighted by molar-refractivity contribution is 5.27. The van der Waals surface area contributed by atoms with Gasteiger partial charge in [0, 0.05) is 6.54 Å². The van der Waals surface area contributed by atoms with Crippen molar-refractivity contribution in [3.63, 3.8) is 0 Å². The first-order chi connectivity index (χ1) is 6.72. The van der Waals surface area contributed by atoms with E-state index in [1.165, 1.54) is 0 Å². The third-order valence-corrected chi connectivity index (χ3v) is 1.81. The summed E-state index contributed by atoms with van der Waals surface area (Å²) < 4.78 is 5.55. The smallest absolute Gasteiger partial charge is 0.119 e. The maximum absolute atomic E-state index is 5.55. The van der Waals surface area contributed by atoms with Crippen molar-refractivity contribution in [3.8, 4) is 5.75 Å². The van der Waals surface area contributed by atoms with Crippen molar-refractivity contribution in [1.82, 2.24) is 5.43 Å². The number of benzene rings is 1. The van der Waals surface area contributed by atoms with E-state index < -0.39 is 0 Å². The summed E-state index contributed by atoms with van der Waals surface area (Å²) in [5.41, 5.74) is 3.77. The summed E-state index contributed by atoms with van der Waals surface area (Å²) >= 11 is 0. The van der Waals surface area contributed by atoms with Gasteiger partial charge in [-0.3, -0.25) is 11.3 Å². The molecule has 0 aliphatic rings. The minimum atomic E-state index is 0.556. The van der Waals surface area contributed by atoms with Gasteiger partial charge in [0.25, 0.3) is 0 Å². The van der Waals surface area contributed by atoms with Crippen LogP contribution in [-0.4, -0.2) is 6.61 Å². The van der Waals surface area contributed by atoms with E-state index in [0.717, 1.165) is 17.9 Å². The van der Waals surface area contributed by atoms with E-state index >= 15 is 0 Å². The van der Waals surface area contributed by atoms with Crippen LogP contribution in [0.25, 0.3) is 0 Å². The fourth-order valence-corrected chi connectivity index (χ4v) is 1.08. The van der Waals surface area contributed by atoms with Crippen LogP contribution < -0.4 is 16.0 Å². The molecule has 0 unspecified atom stereocenters. The van der Waals surface area contributed by atoms with Crippen LogP contribution in [0.3, 0.4) is 0 Å². The van der Waals surface area contributed by atoms with Crippen LogP contribution in [0.15, 0.2) is 24.3 Å². The Balaban J connectivity index is 2.46. The fourth-order valence-electron chi connectivity index (χ4n) is 1.08. The first-order valence-electron chi connectivity index (χ1n) is 4.87. The Labute approximate surface area is 85.2 Å². The second-order valence-corrected chi connectivity index (χ2v) is 3.73. The molecule has 0 radical (unpaired) electrons. The molecular formula is C11H18N2O. The van der Waals surface area contributed by atoms with Gasteiger partial charge in [0.1, 0.15) is 5.75 Å². The van der Waals surface area contributed by atoms with Gasteiger partial charge in [-0.1, -0.05) is 26.0 Å². The van der Waals surface area contributed by atoms with Gasteiger partial charge in [0.2, 0.25) is 0 Å². The molecule has 3 N–H and O–H groups in total. The van der Waals surface area contributed by atoms with Crippen LogP contribution in [0, 0.1) is 5.92 Å². The van der Waals surface area contributed by atoms with Crippen molar-refractivity contribution >= 4 is 0 Å². The number of nitrogens with one attached hydrogen (secondary N) is 1. The monoisotopic (exact) mass is 194 g/mol. The Kier molecular flexibility index (Phi) is 4.43. The van der Waals surface area contributed by atoms with E-state index in [-0.39, 0.29) is 0 Å². The number of rotatable bonds is 5. The lowest BCUT2D eigenvalue weighted by Gasteiger charge is -2.08. The van der Waals surface area contributed by atoms with Crippen molar-refractivity contribution in [2.24, 2.45) is 11.8 Å². The molecule has 14 heavy (non-hydrogen) atoms. The maximum Gasteiger partial charge on any atom is 0.119 e. The van der Waals surface area contributed by atoms with Gasteiger partial charge in [-0.05, 0) is 23.6 Å². The predicted molar refractivity (Wildman–Crippen MR) is 57.8 cm³/mol. The Morgan fingerprint density at radius 2 is 1.93 bits per heavy atom. The van der Waals surface area contributed by atoms with Crippen molar-refractivity contribution in [1.29, 1.82) is 0 Å². The molecule has 0 aliphatic heterocycles. The summed E-state index contributed by atoms with van der Waals surface area (Å²) in [4.78, 5) is 0. The Hall–Kier alpha value is -1.06. The van der Waals surface area contributed by atoms with Gasteiger partial charge in [0.15, 0.2) is 0 Å². The van der Waals surface area contributed by atoms with Gasteiger partial charge in [-0.15, -0.1) is 0 Å². The topological polar surface area (TPSA) is 47.3 Å². The molecule has 3 nitrogen and oxygen atoms in total. The van der Waals surface area contributed by atoms with Crippen LogP contribution in [-0.2, 0) is 6.54 Å². The van der Waals surface area contributed by atoms with Crippen LogP contribution >= 0.6 is 0 Å². The third-order valence-electron chi connectivity index (χ3n) is 1.81. The van der Waals surface area contributed by atoms with E-state index in [2.05, 4.69) is 19.3 Å². The standard InChI is InChI=1S/C11H18N2O/c1-9(2)8-14-11-5-3-10(4-6-11)7-13-12/h3-6,9,13H,7-8,12H2,1-2H3. The van der Waals surface area contributed by atoms with E-state index in [1.807, 2.05) is 24.3 Å². The summed E-state index contributed by atoms with van der Waals surface area (Å²) in [6.07, 6.45) is 0. The summed E-state index contributed by atoms with van der Waals surface area (Å²) in [6, 6.07) is 7.95. The van der Waals surface area contributed by atoms with E-state index in [1.54, 1.807) is 0 Å². The van der Waals surface area contributed by atoms with Gasteiger partial charge >= 0.3 is 0 Å². The molecule has 0 spiro atoms. The van der Waals surface area contributed by atoms with Gasteiger partial charge in [-0.25, -0.2) is 0 Å². The molecule has 0 aromatic heterocycles. The summed E-state index contributed by atoms with van der Waals surface area (Å²) in [7, 11) is 0. The second-order valence-electron chi connectivity index (χ2n) is 3.73. The van der Waals surface area contributed by atoms with Gasteiger partial charge in [-0.2, -0.15) is 0 Å². The highest BCUT2D eigenvalue weighted by Crippen LogP contribution is 2.12. The molecule has 78 valence electrons. The second kappa shape index (κ2) is 5.62. The largest absolute Gasteiger partial charge is 0.493 e. The molecule has 0 atom stereocenters. The normalized spacial score (nSPS) is 10.6. The van der Waals surface area contributed by atoms with E-state index in [9.17, 15) is 0 Å². The average molecular weight is 194 g/mol. The van der Waals surface area contributed by atoms with Crippen LogP contribution in [0.5, 0.6) is 5.75 Å². The molecule has 1 aromatic carbocycles. The highest BCUT2D eigenvalue weighted by Gasteiger charge is 1.97. The predicted octanol–water partition coefficient (Wildman–Crippen LogP) is 1.68. The Bertz CT molecular complexity index is 256. The molecule has 0 fully saturated rings. The lowest BCUT2D eigenvalue weighted by atomic mass is 10.2. The van der Waals surface area contributed by atoms with Crippen molar-refractivity contribution in [2.45, 2.75) is 20.4 Å². The maximum atomic E-state index is 5.55. The third kappa shape index (κ3) is 3.77. The zero-order chi connectivity index (χ0) is 10.4. The van der Waals surface area contributed by atoms with Crippen molar-refractivity contribution in [3.05, 3.63) is 29.8 Å². The molecular weight excluding hydrogens is 176 g/mol.